The van der Waals surface area contributed by atoms with Crippen LogP contribution in [-0.4, -0.2) is 0 Å². The number of fused-ring (bicyclic) bond motifs is 3. The normalized spacial score (nSPS) is 12.5. The fourth-order valence-electron chi connectivity index (χ4n) is 8.16. The lowest BCUT2D eigenvalue weighted by Crippen LogP contribution is -2.16. The van der Waals surface area contributed by atoms with Gasteiger partial charge in [0, 0.05) is 39.5 Å². The van der Waals surface area contributed by atoms with Gasteiger partial charge < -0.3 is 9.80 Å². The van der Waals surface area contributed by atoms with Crippen LogP contribution in [0, 0.1) is 0 Å². The third-order valence-electron chi connectivity index (χ3n) is 10.6. The van der Waals surface area contributed by atoms with Gasteiger partial charge in [-0.3, -0.25) is 0 Å². The minimum atomic E-state index is -0.173. The van der Waals surface area contributed by atoms with Crippen LogP contribution in [0.15, 0.2) is 206 Å². The summed E-state index contributed by atoms with van der Waals surface area (Å²) in [7, 11) is 0. The first-order chi connectivity index (χ1) is 26.1. The smallest absolute Gasteiger partial charge is 0.0467 e. The van der Waals surface area contributed by atoms with Crippen molar-refractivity contribution in [3.63, 3.8) is 0 Å². The van der Waals surface area contributed by atoms with Crippen molar-refractivity contribution in [3.05, 3.63) is 217 Å². The third-order valence-corrected chi connectivity index (χ3v) is 10.6. The van der Waals surface area contributed by atoms with Gasteiger partial charge in [0.1, 0.15) is 0 Å². The lowest BCUT2D eigenvalue weighted by molar-refractivity contribution is 0.662. The average molecular weight is 681 g/mol. The second-order valence-electron chi connectivity index (χ2n) is 14.2. The number of hydrogen-bond donors (Lipinski definition) is 0. The first-order valence-electron chi connectivity index (χ1n) is 18.4. The van der Waals surface area contributed by atoms with E-state index in [9.17, 15) is 0 Å². The first-order valence-corrected chi connectivity index (χ1v) is 18.4. The Balaban J connectivity index is 1.24. The molecule has 8 aromatic rings. The first kappa shape index (κ1) is 32.3. The molecule has 9 rings (SSSR count). The quantitative estimate of drug-likeness (QED) is 0.158. The number of benzene rings is 8. The molecular formula is C51H40N2. The second kappa shape index (κ2) is 13.5. The van der Waals surface area contributed by atoms with E-state index in [1.54, 1.807) is 0 Å². The van der Waals surface area contributed by atoms with Gasteiger partial charge in [0.05, 0.1) is 0 Å². The zero-order chi connectivity index (χ0) is 35.8. The van der Waals surface area contributed by atoms with Crippen LogP contribution >= 0.6 is 0 Å². The maximum Gasteiger partial charge on any atom is 0.0467 e. The van der Waals surface area contributed by atoms with Crippen LogP contribution in [0.5, 0.6) is 0 Å². The highest BCUT2D eigenvalue weighted by Gasteiger charge is 2.38. The van der Waals surface area contributed by atoms with E-state index < -0.39 is 0 Å². The van der Waals surface area contributed by atoms with Crippen molar-refractivity contribution in [3.8, 4) is 33.4 Å². The summed E-state index contributed by atoms with van der Waals surface area (Å²) in [5.41, 5.74) is 16.8. The standard InChI is InChI=1S/C51H40N2/c1-51(2)49-32-16-15-31-46(49)48-36-39(37-19-17-29-44(33-37)52(40-21-7-3-8-22-40)41-23-9-4-10-24-41)35-47(50(48)51)38-20-18-30-45(34-38)53(42-25-11-5-12-26-42)43-27-13-6-14-28-43/h3-36H,1-2H3. The highest BCUT2D eigenvalue weighted by molar-refractivity contribution is 5.93. The minimum absolute atomic E-state index is 0.173. The summed E-state index contributed by atoms with van der Waals surface area (Å²) in [5.74, 6) is 0. The molecule has 1 aliphatic carbocycles. The Labute approximate surface area is 312 Å². The van der Waals surface area contributed by atoms with E-state index in [2.05, 4.69) is 230 Å². The monoisotopic (exact) mass is 680 g/mol. The van der Waals surface area contributed by atoms with E-state index >= 15 is 0 Å². The molecule has 2 nitrogen and oxygen atoms in total. The van der Waals surface area contributed by atoms with Crippen LogP contribution in [0.2, 0.25) is 0 Å². The lowest BCUT2D eigenvalue weighted by Gasteiger charge is -2.28. The molecule has 0 N–H and O–H groups in total. The van der Waals surface area contributed by atoms with Gasteiger partial charge >= 0.3 is 0 Å². The summed E-state index contributed by atoms with van der Waals surface area (Å²) in [4.78, 5) is 4.68. The number of para-hydroxylation sites is 4. The van der Waals surface area contributed by atoms with Gasteiger partial charge in [0.25, 0.3) is 0 Å². The van der Waals surface area contributed by atoms with Gasteiger partial charge in [-0.15, -0.1) is 0 Å². The van der Waals surface area contributed by atoms with Gasteiger partial charge in [0.15, 0.2) is 0 Å². The van der Waals surface area contributed by atoms with Crippen LogP contribution in [-0.2, 0) is 5.41 Å². The molecule has 0 amide bonds. The molecule has 0 atom stereocenters. The van der Waals surface area contributed by atoms with Gasteiger partial charge in [0.2, 0.25) is 0 Å². The van der Waals surface area contributed by atoms with E-state index in [1.165, 1.54) is 44.5 Å². The van der Waals surface area contributed by atoms with Crippen molar-refractivity contribution in [1.82, 2.24) is 0 Å². The Hall–Kier alpha value is -6.64. The molecule has 2 heteroatoms. The third kappa shape index (κ3) is 5.89. The van der Waals surface area contributed by atoms with Crippen molar-refractivity contribution in [2.24, 2.45) is 0 Å². The van der Waals surface area contributed by atoms with Crippen molar-refractivity contribution in [1.29, 1.82) is 0 Å². The van der Waals surface area contributed by atoms with Gasteiger partial charge in [-0.1, -0.05) is 135 Å². The van der Waals surface area contributed by atoms with Crippen molar-refractivity contribution >= 4 is 34.1 Å². The number of hydrogen-bond acceptors (Lipinski definition) is 2. The average Bonchev–Trinajstić information content (AvgIpc) is 3.45. The zero-order valence-electron chi connectivity index (χ0n) is 30.0. The number of nitrogens with zero attached hydrogens (tertiary/aromatic N) is 2. The largest absolute Gasteiger partial charge is 0.310 e. The maximum atomic E-state index is 2.43. The van der Waals surface area contributed by atoms with E-state index in [4.69, 9.17) is 0 Å². The van der Waals surface area contributed by atoms with E-state index in [0.29, 0.717) is 0 Å². The SMILES string of the molecule is CC1(C)c2ccccc2-c2cc(-c3cccc(N(c4ccccc4)c4ccccc4)c3)cc(-c3cccc(N(c4ccccc4)c4ccccc4)c3)c21. The molecule has 0 saturated carbocycles. The van der Waals surface area contributed by atoms with Crippen LogP contribution in [0.3, 0.4) is 0 Å². The second-order valence-corrected chi connectivity index (χ2v) is 14.2. The van der Waals surface area contributed by atoms with Crippen LogP contribution in [0.4, 0.5) is 34.1 Å². The molecule has 8 aromatic carbocycles. The summed E-state index contributed by atoms with van der Waals surface area (Å²) in [5, 5.41) is 0. The summed E-state index contributed by atoms with van der Waals surface area (Å²) in [6.07, 6.45) is 0. The predicted molar refractivity (Wildman–Crippen MR) is 224 cm³/mol. The van der Waals surface area contributed by atoms with Crippen LogP contribution in [0.25, 0.3) is 33.4 Å². The molecule has 0 fully saturated rings. The molecule has 0 heterocycles. The summed E-state index contributed by atoms with van der Waals surface area (Å²) in [6, 6.07) is 74.4. The molecule has 0 aliphatic heterocycles. The summed E-state index contributed by atoms with van der Waals surface area (Å²) < 4.78 is 0. The molecule has 0 spiro atoms. The molecule has 1 aliphatic rings. The van der Waals surface area contributed by atoms with Gasteiger partial charge in [-0.2, -0.15) is 0 Å². The molecule has 53 heavy (non-hydrogen) atoms. The highest BCUT2D eigenvalue weighted by atomic mass is 15.1. The lowest BCUT2D eigenvalue weighted by atomic mass is 9.78. The van der Waals surface area contributed by atoms with E-state index in [0.717, 1.165) is 34.1 Å². The van der Waals surface area contributed by atoms with Crippen molar-refractivity contribution in [2.45, 2.75) is 19.3 Å². The summed E-state index contributed by atoms with van der Waals surface area (Å²) >= 11 is 0. The predicted octanol–water partition coefficient (Wildman–Crippen LogP) is 14.3. The molecule has 0 radical (unpaired) electrons. The topological polar surface area (TPSA) is 6.48 Å². The Morgan fingerprint density at radius 1 is 0.302 bits per heavy atom. The Bertz CT molecular complexity index is 2440. The molecule has 0 saturated heterocycles. The molecule has 0 aromatic heterocycles. The van der Waals surface area contributed by atoms with Crippen molar-refractivity contribution < 1.29 is 0 Å². The molecular weight excluding hydrogens is 641 g/mol. The minimum Gasteiger partial charge on any atom is -0.310 e. The van der Waals surface area contributed by atoms with E-state index in [-0.39, 0.29) is 5.41 Å². The molecule has 0 bridgehead atoms. The molecule has 0 unspecified atom stereocenters. The Morgan fingerprint density at radius 2 is 0.698 bits per heavy atom. The van der Waals surface area contributed by atoms with Crippen LogP contribution in [0.1, 0.15) is 25.0 Å². The Morgan fingerprint density at radius 3 is 1.21 bits per heavy atom. The van der Waals surface area contributed by atoms with Gasteiger partial charge in [-0.05, 0) is 129 Å². The highest BCUT2D eigenvalue weighted by Crippen LogP contribution is 2.54. The number of rotatable bonds is 8. The number of anilines is 6. The molecule has 254 valence electrons. The zero-order valence-corrected chi connectivity index (χ0v) is 30.0. The fraction of sp³-hybridized carbons (Fsp3) is 0.0588. The fourth-order valence-corrected chi connectivity index (χ4v) is 8.16. The van der Waals surface area contributed by atoms with Gasteiger partial charge in [-0.25, -0.2) is 0 Å². The van der Waals surface area contributed by atoms with Crippen LogP contribution < -0.4 is 9.80 Å². The van der Waals surface area contributed by atoms with E-state index in [1.807, 2.05) is 0 Å². The summed E-state index contributed by atoms with van der Waals surface area (Å²) in [6.45, 7) is 4.76. The maximum absolute atomic E-state index is 2.43. The van der Waals surface area contributed by atoms with Crippen molar-refractivity contribution in [2.75, 3.05) is 9.80 Å². The Kier molecular flexibility index (Phi) is 8.21.